The molecule has 8 aliphatic rings. The fraction of sp³-hybridized carbons (Fsp3) is 0.629. The van der Waals surface area contributed by atoms with Gasteiger partial charge in [0.25, 0.3) is 0 Å². The van der Waals surface area contributed by atoms with Crippen LogP contribution in [0.3, 0.4) is 0 Å². The summed E-state index contributed by atoms with van der Waals surface area (Å²) in [5.74, 6) is 6.03. The summed E-state index contributed by atoms with van der Waals surface area (Å²) in [6.07, 6.45) is 20.3. The fourth-order valence-electron chi connectivity index (χ4n) is 11.7. The van der Waals surface area contributed by atoms with Crippen molar-refractivity contribution in [1.29, 1.82) is 0 Å². The van der Waals surface area contributed by atoms with Gasteiger partial charge in [0, 0.05) is 0 Å². The monoisotopic (exact) mass is 490 g/mol. The molecule has 0 aromatic heterocycles. The average Bonchev–Trinajstić information content (AvgIpc) is 2.84. The lowest BCUT2D eigenvalue weighted by Crippen LogP contribution is -2.47. The minimum Gasteiger partial charge on any atom is -0.361 e. The van der Waals surface area contributed by atoms with E-state index in [0.717, 1.165) is 46.6 Å². The topological polar surface area (TPSA) is 36.4 Å². The molecule has 8 bridgehead atoms. The minimum absolute atomic E-state index is 0.566. The Morgan fingerprint density at radius 3 is 1.11 bits per heavy atom. The lowest BCUT2D eigenvalue weighted by molar-refractivity contribution is -0.0523. The molecule has 10 rings (SSSR count). The quantitative estimate of drug-likeness (QED) is 0.222. The number of nitrogens with zero attached hydrogens (tertiary/aromatic N) is 2. The van der Waals surface area contributed by atoms with Crippen molar-refractivity contribution in [1.82, 2.24) is 0 Å². The molecule has 0 heterocycles. The molecule has 0 aliphatic heterocycles. The van der Waals surface area contributed by atoms with Gasteiger partial charge in [0.2, 0.25) is 0 Å². The molecular weight excluding hydrogens is 448 g/mol. The third-order valence-corrected chi connectivity index (χ3v) is 12.0. The molecule has 37 heavy (non-hydrogen) atoms. The highest BCUT2D eigenvalue weighted by Gasteiger charge is 2.51. The lowest BCUT2D eigenvalue weighted by Gasteiger charge is -2.57. The van der Waals surface area contributed by atoms with Crippen molar-refractivity contribution in [2.45, 2.75) is 89.9 Å². The van der Waals surface area contributed by atoms with Gasteiger partial charge in [-0.15, -0.1) is 0 Å². The van der Waals surface area contributed by atoms with Gasteiger partial charge >= 0.3 is 5.71 Å². The van der Waals surface area contributed by atoms with Crippen molar-refractivity contribution in [2.24, 2.45) is 46.3 Å². The summed E-state index contributed by atoms with van der Waals surface area (Å²) in [6, 6.07) is 18.0. The van der Waals surface area contributed by atoms with Crippen molar-refractivity contribution >= 4 is 5.71 Å². The molecule has 192 valence electrons. The molecule has 8 saturated carbocycles. The first-order valence-electron chi connectivity index (χ1n) is 15.5. The first kappa shape index (κ1) is 22.8. The van der Waals surface area contributed by atoms with Crippen LogP contribution in [0.25, 0.3) is 5.53 Å². The smallest absolute Gasteiger partial charge is 0.329 e. The Balaban J connectivity index is 0.966. The second-order valence-corrected chi connectivity index (χ2v) is 15.0. The fourth-order valence-corrected chi connectivity index (χ4v) is 11.7. The Morgan fingerprint density at radius 1 is 0.541 bits per heavy atom. The molecule has 0 spiro atoms. The standard InChI is InChI=1S/C35H42N2/c36-37-33(31-5-1-23(2-6-31)15-34-17-25-9-26(18-34)11-27(10-25)19-34)32-7-3-24(4-8-32)16-35-20-28-12-29(21-35)14-30(13-28)22-35/h1-8,25-30H,9-22H2. The normalized spacial score (nSPS) is 40.6. The zero-order chi connectivity index (χ0) is 24.6. The van der Waals surface area contributed by atoms with Crippen molar-refractivity contribution in [2.75, 3.05) is 0 Å². The van der Waals surface area contributed by atoms with Gasteiger partial charge in [-0.3, -0.25) is 0 Å². The van der Waals surface area contributed by atoms with E-state index < -0.39 is 0 Å². The Kier molecular flexibility index (Phi) is 5.18. The van der Waals surface area contributed by atoms with Crippen LogP contribution in [-0.2, 0) is 12.8 Å². The van der Waals surface area contributed by atoms with Gasteiger partial charge in [-0.2, -0.15) is 4.79 Å². The zero-order valence-electron chi connectivity index (χ0n) is 22.4. The first-order valence-corrected chi connectivity index (χ1v) is 15.5. The van der Waals surface area contributed by atoms with Crippen molar-refractivity contribution in [3.05, 3.63) is 76.3 Å². The van der Waals surface area contributed by atoms with E-state index in [1.54, 1.807) is 0 Å². The molecule has 2 aromatic carbocycles. The Hall–Kier alpha value is -2.18. The maximum absolute atomic E-state index is 9.98. The van der Waals surface area contributed by atoms with E-state index in [2.05, 4.69) is 53.3 Å². The van der Waals surface area contributed by atoms with Gasteiger partial charge in [0.1, 0.15) is 0 Å². The summed E-state index contributed by atoms with van der Waals surface area (Å²) < 4.78 is 0. The van der Waals surface area contributed by atoms with Crippen LogP contribution in [0.15, 0.2) is 48.5 Å². The molecule has 0 amide bonds. The summed E-state index contributed by atoms with van der Waals surface area (Å²) in [6.45, 7) is 0. The van der Waals surface area contributed by atoms with Crippen LogP contribution < -0.4 is 0 Å². The molecule has 0 radical (unpaired) electrons. The van der Waals surface area contributed by atoms with E-state index in [9.17, 15) is 5.53 Å². The van der Waals surface area contributed by atoms with Crippen LogP contribution in [0.2, 0.25) is 0 Å². The average molecular weight is 491 g/mol. The third-order valence-electron chi connectivity index (χ3n) is 12.0. The van der Waals surface area contributed by atoms with Gasteiger partial charge in [0.05, 0.1) is 11.1 Å². The molecule has 2 aromatic rings. The Morgan fingerprint density at radius 2 is 0.838 bits per heavy atom. The van der Waals surface area contributed by atoms with E-state index >= 15 is 0 Å². The predicted molar refractivity (Wildman–Crippen MR) is 148 cm³/mol. The zero-order valence-corrected chi connectivity index (χ0v) is 22.4. The van der Waals surface area contributed by atoms with Gasteiger partial charge in [-0.1, -0.05) is 24.3 Å². The van der Waals surface area contributed by atoms with Gasteiger partial charge in [-0.25, -0.2) is 0 Å². The number of hydrogen-bond acceptors (Lipinski definition) is 0. The number of hydrogen-bond donors (Lipinski definition) is 0. The predicted octanol–water partition coefficient (Wildman–Crippen LogP) is 8.27. The highest BCUT2D eigenvalue weighted by atomic mass is 14.9. The van der Waals surface area contributed by atoms with Crippen LogP contribution in [0.1, 0.15) is 99.3 Å². The van der Waals surface area contributed by atoms with Crippen LogP contribution >= 0.6 is 0 Å². The summed E-state index contributed by atoms with van der Waals surface area (Å²) in [7, 11) is 0. The van der Waals surface area contributed by atoms with Crippen molar-refractivity contribution < 1.29 is 4.79 Å². The number of rotatable bonds is 6. The molecule has 2 heteroatoms. The molecule has 0 N–H and O–H groups in total. The maximum atomic E-state index is 9.98. The molecule has 8 fully saturated rings. The Bertz CT molecular complexity index is 1070. The Labute approximate surface area is 222 Å². The summed E-state index contributed by atoms with van der Waals surface area (Å²) in [5.41, 5.74) is 16.8. The largest absolute Gasteiger partial charge is 0.361 e. The van der Waals surface area contributed by atoms with E-state index in [1.165, 1.54) is 101 Å². The highest BCUT2D eigenvalue weighted by molar-refractivity contribution is 6.09. The first-order chi connectivity index (χ1) is 18.0. The van der Waals surface area contributed by atoms with Crippen molar-refractivity contribution in [3.63, 3.8) is 0 Å². The highest BCUT2D eigenvalue weighted by Crippen LogP contribution is 2.62. The lowest BCUT2D eigenvalue weighted by atomic mass is 9.48. The maximum Gasteiger partial charge on any atom is 0.329 e. The SMILES string of the molecule is [N-]=[N+]=C(c1ccc(CC23CC4CC(CC(C4)C2)C3)cc1)c1ccc(CC23CC4CC(CC(C4)C2)C3)cc1. The van der Waals surface area contributed by atoms with Gasteiger partial charge in [-0.05, 0) is 172 Å². The molecule has 0 unspecified atom stereocenters. The second kappa shape index (κ2) is 8.41. The second-order valence-electron chi connectivity index (χ2n) is 15.0. The summed E-state index contributed by atoms with van der Waals surface area (Å²) in [4.78, 5) is 3.77. The molecule has 2 nitrogen and oxygen atoms in total. The summed E-state index contributed by atoms with van der Waals surface area (Å²) in [5, 5.41) is 0. The van der Waals surface area contributed by atoms with Gasteiger partial charge < -0.3 is 5.53 Å². The molecular formula is C35H42N2. The minimum atomic E-state index is 0.566. The van der Waals surface area contributed by atoms with E-state index in [1.807, 2.05) is 0 Å². The molecule has 0 atom stereocenters. The number of benzene rings is 2. The summed E-state index contributed by atoms with van der Waals surface area (Å²) >= 11 is 0. The van der Waals surface area contributed by atoms with Crippen LogP contribution in [0.4, 0.5) is 0 Å². The van der Waals surface area contributed by atoms with Gasteiger partial charge in [0.15, 0.2) is 0 Å². The van der Waals surface area contributed by atoms with E-state index in [0.29, 0.717) is 16.5 Å². The van der Waals surface area contributed by atoms with Crippen LogP contribution in [0, 0.1) is 46.3 Å². The van der Waals surface area contributed by atoms with E-state index in [-0.39, 0.29) is 0 Å². The van der Waals surface area contributed by atoms with Crippen LogP contribution in [-0.4, -0.2) is 10.5 Å². The van der Waals surface area contributed by atoms with E-state index in [4.69, 9.17) is 0 Å². The van der Waals surface area contributed by atoms with Crippen LogP contribution in [0.5, 0.6) is 0 Å². The molecule has 0 saturated heterocycles. The molecule has 8 aliphatic carbocycles. The third kappa shape index (κ3) is 4.06. The van der Waals surface area contributed by atoms with Crippen molar-refractivity contribution in [3.8, 4) is 0 Å².